The number of benzene rings is 2. The molecule has 0 saturated heterocycles. The predicted molar refractivity (Wildman–Crippen MR) is 73.8 cm³/mol. The normalized spacial score (nSPS) is 13.9. The molecule has 2 aromatic carbocycles. The van der Waals surface area contributed by atoms with E-state index in [1.807, 2.05) is 12.1 Å². The lowest BCUT2D eigenvalue weighted by Gasteiger charge is -2.14. The van der Waals surface area contributed by atoms with Crippen LogP contribution in [0.3, 0.4) is 0 Å². The van der Waals surface area contributed by atoms with Crippen LogP contribution in [0.2, 0.25) is 0 Å². The van der Waals surface area contributed by atoms with Crippen molar-refractivity contribution in [1.82, 2.24) is 0 Å². The third-order valence-electron chi connectivity index (χ3n) is 2.68. The van der Waals surface area contributed by atoms with Crippen molar-refractivity contribution < 1.29 is 9.18 Å². The smallest absolute Gasteiger partial charge is 0.179 e. The maximum atomic E-state index is 14.2. The van der Waals surface area contributed by atoms with Gasteiger partial charge in [0.25, 0.3) is 0 Å². The standard InChI is InChI=1S/C15H12BrFO/c16-13(14(17)11-7-3-1-4-8-11)15(18)12-9-5-2-6-10-12/h1-10,13-14H. The Kier molecular flexibility index (Phi) is 4.26. The Labute approximate surface area is 114 Å². The Balaban J connectivity index is 2.17. The minimum absolute atomic E-state index is 0.244. The average Bonchev–Trinajstić information content (AvgIpc) is 2.47. The SMILES string of the molecule is O=C(c1ccccc1)C(Br)C(F)c1ccccc1. The first-order valence-corrected chi connectivity index (χ1v) is 6.54. The summed E-state index contributed by atoms with van der Waals surface area (Å²) in [4.78, 5) is 11.2. The summed E-state index contributed by atoms with van der Waals surface area (Å²) < 4.78 is 14.2. The quantitative estimate of drug-likeness (QED) is 0.606. The zero-order valence-corrected chi connectivity index (χ0v) is 11.2. The Bertz CT molecular complexity index is 513. The average molecular weight is 307 g/mol. The van der Waals surface area contributed by atoms with Crippen molar-refractivity contribution in [2.24, 2.45) is 0 Å². The summed E-state index contributed by atoms with van der Waals surface area (Å²) in [7, 11) is 0. The fraction of sp³-hybridized carbons (Fsp3) is 0.133. The molecule has 1 nitrogen and oxygen atoms in total. The van der Waals surface area contributed by atoms with Gasteiger partial charge < -0.3 is 0 Å². The highest BCUT2D eigenvalue weighted by Crippen LogP contribution is 2.28. The lowest BCUT2D eigenvalue weighted by Crippen LogP contribution is -2.19. The highest BCUT2D eigenvalue weighted by molar-refractivity contribution is 9.10. The number of ketones is 1. The van der Waals surface area contributed by atoms with Crippen LogP contribution in [0.5, 0.6) is 0 Å². The van der Waals surface area contributed by atoms with Crippen LogP contribution in [-0.4, -0.2) is 10.6 Å². The van der Waals surface area contributed by atoms with Crippen molar-refractivity contribution in [2.75, 3.05) is 0 Å². The number of rotatable bonds is 4. The summed E-state index contributed by atoms with van der Waals surface area (Å²) in [6, 6.07) is 17.4. The topological polar surface area (TPSA) is 17.1 Å². The summed E-state index contributed by atoms with van der Waals surface area (Å²) >= 11 is 3.16. The molecule has 2 aromatic rings. The lowest BCUT2D eigenvalue weighted by atomic mass is 10.0. The number of hydrogen-bond donors (Lipinski definition) is 0. The second kappa shape index (κ2) is 5.91. The molecule has 2 rings (SSSR count). The summed E-state index contributed by atoms with van der Waals surface area (Å²) in [6.45, 7) is 0. The van der Waals surface area contributed by atoms with Crippen LogP contribution in [0.25, 0.3) is 0 Å². The molecule has 0 saturated carbocycles. The van der Waals surface area contributed by atoms with Gasteiger partial charge >= 0.3 is 0 Å². The Morgan fingerprint density at radius 3 is 2.00 bits per heavy atom. The molecule has 0 aliphatic carbocycles. The minimum Gasteiger partial charge on any atom is -0.293 e. The van der Waals surface area contributed by atoms with Crippen molar-refractivity contribution in [3.63, 3.8) is 0 Å². The van der Waals surface area contributed by atoms with Gasteiger partial charge in [-0.3, -0.25) is 4.79 Å². The molecule has 0 radical (unpaired) electrons. The number of halogens is 2. The largest absolute Gasteiger partial charge is 0.293 e. The summed E-state index contributed by atoms with van der Waals surface area (Å²) in [6.07, 6.45) is -1.35. The van der Waals surface area contributed by atoms with E-state index in [1.54, 1.807) is 48.5 Å². The van der Waals surface area contributed by atoms with Gasteiger partial charge in [0.1, 0.15) is 11.0 Å². The monoisotopic (exact) mass is 306 g/mol. The molecule has 0 bridgehead atoms. The van der Waals surface area contributed by atoms with E-state index in [-0.39, 0.29) is 5.78 Å². The lowest BCUT2D eigenvalue weighted by molar-refractivity contribution is 0.0960. The Hall–Kier alpha value is -1.48. The van der Waals surface area contributed by atoms with Crippen molar-refractivity contribution >= 4 is 21.7 Å². The van der Waals surface area contributed by atoms with E-state index in [0.29, 0.717) is 11.1 Å². The summed E-state index contributed by atoms with van der Waals surface area (Å²) in [5.41, 5.74) is 1.02. The zero-order chi connectivity index (χ0) is 13.0. The maximum Gasteiger partial charge on any atom is 0.179 e. The van der Waals surface area contributed by atoms with Crippen molar-refractivity contribution in [3.05, 3.63) is 71.8 Å². The molecule has 0 aromatic heterocycles. The third kappa shape index (κ3) is 2.85. The molecule has 3 heteroatoms. The molecule has 0 heterocycles. The van der Waals surface area contributed by atoms with Gasteiger partial charge in [-0.05, 0) is 5.56 Å². The van der Waals surface area contributed by atoms with Crippen molar-refractivity contribution in [1.29, 1.82) is 0 Å². The molecule has 2 atom stereocenters. The molecular formula is C15H12BrFO. The first-order valence-electron chi connectivity index (χ1n) is 5.62. The second-order valence-electron chi connectivity index (χ2n) is 3.94. The molecule has 0 fully saturated rings. The second-order valence-corrected chi connectivity index (χ2v) is 4.93. The van der Waals surface area contributed by atoms with Crippen LogP contribution >= 0.6 is 15.9 Å². The first kappa shape index (κ1) is 13.0. The van der Waals surface area contributed by atoms with E-state index >= 15 is 0 Å². The van der Waals surface area contributed by atoms with Crippen LogP contribution in [-0.2, 0) is 0 Å². The fourth-order valence-electron chi connectivity index (χ4n) is 1.70. The van der Waals surface area contributed by atoms with Gasteiger partial charge in [0.2, 0.25) is 0 Å². The molecule has 92 valence electrons. The summed E-state index contributed by atoms with van der Waals surface area (Å²) in [5.74, 6) is -0.244. The third-order valence-corrected chi connectivity index (χ3v) is 3.56. The Morgan fingerprint density at radius 1 is 0.944 bits per heavy atom. The molecular weight excluding hydrogens is 295 g/mol. The molecule has 0 aliphatic rings. The summed E-state index contributed by atoms with van der Waals surface area (Å²) in [5, 5.41) is 0. The highest BCUT2D eigenvalue weighted by Gasteiger charge is 2.27. The van der Waals surface area contributed by atoms with Gasteiger partial charge in [-0.25, -0.2) is 4.39 Å². The van der Waals surface area contributed by atoms with Gasteiger partial charge in [-0.1, -0.05) is 76.6 Å². The zero-order valence-electron chi connectivity index (χ0n) is 9.59. The maximum absolute atomic E-state index is 14.2. The van der Waals surface area contributed by atoms with E-state index in [9.17, 15) is 9.18 Å². The van der Waals surface area contributed by atoms with Crippen LogP contribution in [0, 0.1) is 0 Å². The van der Waals surface area contributed by atoms with Crippen LogP contribution in [0.1, 0.15) is 22.1 Å². The molecule has 0 aliphatic heterocycles. The molecule has 0 amide bonds. The van der Waals surface area contributed by atoms with E-state index < -0.39 is 11.0 Å². The van der Waals surface area contributed by atoms with Crippen molar-refractivity contribution in [3.8, 4) is 0 Å². The number of hydrogen-bond acceptors (Lipinski definition) is 1. The van der Waals surface area contributed by atoms with Crippen LogP contribution in [0.15, 0.2) is 60.7 Å². The van der Waals surface area contributed by atoms with E-state index in [4.69, 9.17) is 0 Å². The van der Waals surface area contributed by atoms with Crippen molar-refractivity contribution in [2.45, 2.75) is 11.0 Å². The molecule has 2 unspecified atom stereocenters. The fourth-order valence-corrected chi connectivity index (χ4v) is 2.27. The number of alkyl halides is 2. The van der Waals surface area contributed by atoms with E-state index in [0.717, 1.165) is 0 Å². The molecule has 0 spiro atoms. The highest BCUT2D eigenvalue weighted by atomic mass is 79.9. The van der Waals surface area contributed by atoms with Gasteiger partial charge in [0.15, 0.2) is 5.78 Å². The number of carbonyl (C=O) groups is 1. The van der Waals surface area contributed by atoms with E-state index in [1.165, 1.54) is 0 Å². The van der Waals surface area contributed by atoms with Gasteiger partial charge in [-0.2, -0.15) is 0 Å². The van der Waals surface area contributed by atoms with Gasteiger partial charge in [0, 0.05) is 5.56 Å². The van der Waals surface area contributed by atoms with Crippen LogP contribution < -0.4 is 0 Å². The van der Waals surface area contributed by atoms with Crippen LogP contribution in [0.4, 0.5) is 4.39 Å². The first-order chi connectivity index (χ1) is 8.70. The molecule has 0 N–H and O–H groups in total. The number of carbonyl (C=O) groups excluding carboxylic acids is 1. The minimum atomic E-state index is -1.35. The predicted octanol–water partition coefficient (Wildman–Crippen LogP) is 4.34. The molecule has 18 heavy (non-hydrogen) atoms. The number of Topliss-reactive ketones (excluding diaryl/α,β-unsaturated/α-hetero) is 1. The van der Waals surface area contributed by atoms with Gasteiger partial charge in [0.05, 0.1) is 0 Å². The van der Waals surface area contributed by atoms with Gasteiger partial charge in [-0.15, -0.1) is 0 Å². The van der Waals surface area contributed by atoms with E-state index in [2.05, 4.69) is 15.9 Å². The Morgan fingerprint density at radius 2 is 1.44 bits per heavy atom.